The molecule has 1 aromatic carbocycles. The Hall–Kier alpha value is -1.88. The summed E-state index contributed by atoms with van der Waals surface area (Å²) < 4.78 is 12.8. The molecule has 1 amide bonds. The lowest BCUT2D eigenvalue weighted by molar-refractivity contribution is 0.125. The van der Waals surface area contributed by atoms with E-state index in [1.54, 1.807) is 18.2 Å². The Kier molecular flexibility index (Phi) is 3.10. The van der Waals surface area contributed by atoms with Crippen molar-refractivity contribution >= 4 is 11.7 Å². The molecule has 1 aliphatic heterocycles. The molecule has 0 radical (unpaired) electrons. The van der Waals surface area contributed by atoms with Crippen molar-refractivity contribution in [2.75, 3.05) is 13.2 Å². The molecule has 0 spiro atoms. The summed E-state index contributed by atoms with van der Waals surface area (Å²) in [6, 6.07) is 5.33. The standard InChI is InChI=1S/C12H12FNO3/c13-10-3-1-8(2-4-10)9-5-11(7-15)14(6-9)12(16)17/h1-5,11,15H,6-7H2,(H,16,17)/t11-/m0/s1. The van der Waals surface area contributed by atoms with Crippen LogP contribution in [0.4, 0.5) is 9.18 Å². The van der Waals surface area contributed by atoms with Crippen LogP contribution < -0.4 is 0 Å². The molecule has 5 heteroatoms. The van der Waals surface area contributed by atoms with Gasteiger partial charge in [-0.1, -0.05) is 18.2 Å². The predicted molar refractivity (Wildman–Crippen MR) is 60.0 cm³/mol. The highest BCUT2D eigenvalue weighted by atomic mass is 19.1. The number of amides is 1. The molecule has 1 heterocycles. The molecule has 0 bridgehead atoms. The summed E-state index contributed by atoms with van der Waals surface area (Å²) in [5, 5.41) is 18.0. The fraction of sp³-hybridized carbons (Fsp3) is 0.250. The average molecular weight is 237 g/mol. The number of carbonyl (C=O) groups is 1. The number of benzene rings is 1. The molecule has 0 fully saturated rings. The number of aliphatic hydroxyl groups is 1. The summed E-state index contributed by atoms with van der Waals surface area (Å²) >= 11 is 0. The molecule has 2 rings (SSSR count). The average Bonchev–Trinajstić information content (AvgIpc) is 2.74. The first-order valence-electron chi connectivity index (χ1n) is 5.19. The summed E-state index contributed by atoms with van der Waals surface area (Å²) in [5.74, 6) is -0.332. The second kappa shape index (κ2) is 4.55. The molecule has 0 saturated carbocycles. The van der Waals surface area contributed by atoms with Crippen molar-refractivity contribution in [3.05, 3.63) is 41.7 Å². The van der Waals surface area contributed by atoms with Gasteiger partial charge in [-0.05, 0) is 23.3 Å². The molecule has 0 unspecified atom stereocenters. The van der Waals surface area contributed by atoms with Crippen molar-refractivity contribution in [3.8, 4) is 0 Å². The van der Waals surface area contributed by atoms with Crippen LogP contribution in [-0.4, -0.2) is 40.4 Å². The molecule has 90 valence electrons. The highest BCUT2D eigenvalue weighted by molar-refractivity contribution is 5.77. The van der Waals surface area contributed by atoms with Gasteiger partial charge in [0.05, 0.1) is 19.2 Å². The third-order valence-electron chi connectivity index (χ3n) is 2.78. The van der Waals surface area contributed by atoms with E-state index in [1.807, 2.05) is 0 Å². The first-order chi connectivity index (χ1) is 8.11. The molecule has 0 saturated heterocycles. The Morgan fingerprint density at radius 3 is 2.53 bits per heavy atom. The molecule has 1 aliphatic rings. The van der Waals surface area contributed by atoms with E-state index in [1.165, 1.54) is 12.1 Å². The fourth-order valence-corrected chi connectivity index (χ4v) is 1.89. The van der Waals surface area contributed by atoms with Crippen LogP contribution in [0.25, 0.3) is 5.57 Å². The van der Waals surface area contributed by atoms with Crippen LogP contribution in [0, 0.1) is 5.82 Å². The lowest BCUT2D eigenvalue weighted by Crippen LogP contribution is -2.37. The Bertz CT molecular complexity index is 455. The zero-order valence-corrected chi connectivity index (χ0v) is 9.01. The monoisotopic (exact) mass is 237 g/mol. The molecule has 1 aromatic rings. The van der Waals surface area contributed by atoms with E-state index in [-0.39, 0.29) is 19.0 Å². The number of nitrogens with zero attached hydrogens (tertiary/aromatic N) is 1. The molecule has 0 aromatic heterocycles. The minimum absolute atomic E-state index is 0.214. The molecule has 17 heavy (non-hydrogen) atoms. The molecular formula is C12H12FNO3. The van der Waals surface area contributed by atoms with E-state index in [0.29, 0.717) is 0 Å². The van der Waals surface area contributed by atoms with E-state index < -0.39 is 12.1 Å². The van der Waals surface area contributed by atoms with Crippen LogP contribution in [0.15, 0.2) is 30.3 Å². The van der Waals surface area contributed by atoms with Gasteiger partial charge in [0, 0.05) is 0 Å². The van der Waals surface area contributed by atoms with Gasteiger partial charge in [0.1, 0.15) is 5.82 Å². The molecule has 2 N–H and O–H groups in total. The van der Waals surface area contributed by atoms with Crippen molar-refractivity contribution in [2.45, 2.75) is 6.04 Å². The largest absolute Gasteiger partial charge is 0.465 e. The fourth-order valence-electron chi connectivity index (χ4n) is 1.89. The molecule has 4 nitrogen and oxygen atoms in total. The van der Waals surface area contributed by atoms with Crippen LogP contribution >= 0.6 is 0 Å². The maximum atomic E-state index is 12.8. The van der Waals surface area contributed by atoms with Gasteiger partial charge in [-0.3, -0.25) is 4.90 Å². The van der Waals surface area contributed by atoms with Gasteiger partial charge in [0.15, 0.2) is 0 Å². The first-order valence-corrected chi connectivity index (χ1v) is 5.19. The lowest BCUT2D eigenvalue weighted by atomic mass is 10.1. The summed E-state index contributed by atoms with van der Waals surface area (Å²) in [6.07, 6.45) is 0.624. The van der Waals surface area contributed by atoms with Crippen LogP contribution in [0.2, 0.25) is 0 Å². The zero-order chi connectivity index (χ0) is 12.4. The van der Waals surface area contributed by atoms with Gasteiger partial charge in [0.2, 0.25) is 0 Å². The Morgan fingerprint density at radius 1 is 1.41 bits per heavy atom. The lowest BCUT2D eigenvalue weighted by Gasteiger charge is -2.19. The summed E-state index contributed by atoms with van der Waals surface area (Å²) in [4.78, 5) is 12.1. The minimum atomic E-state index is -1.07. The SMILES string of the molecule is O=C(O)N1CC(c2ccc(F)cc2)=C[C@H]1CO. The number of hydrogen-bond donors (Lipinski definition) is 2. The maximum absolute atomic E-state index is 12.8. The number of aliphatic hydroxyl groups excluding tert-OH is 1. The van der Waals surface area contributed by atoms with Crippen LogP contribution in [0.3, 0.4) is 0 Å². The maximum Gasteiger partial charge on any atom is 0.408 e. The van der Waals surface area contributed by atoms with E-state index >= 15 is 0 Å². The summed E-state index contributed by atoms with van der Waals surface area (Å²) in [7, 11) is 0. The minimum Gasteiger partial charge on any atom is -0.465 e. The van der Waals surface area contributed by atoms with Crippen LogP contribution in [0.5, 0.6) is 0 Å². The third-order valence-corrected chi connectivity index (χ3v) is 2.78. The normalized spacial score (nSPS) is 19.3. The third kappa shape index (κ3) is 2.29. The van der Waals surface area contributed by atoms with Gasteiger partial charge < -0.3 is 10.2 Å². The summed E-state index contributed by atoms with van der Waals surface area (Å²) in [5.41, 5.74) is 1.56. The zero-order valence-electron chi connectivity index (χ0n) is 9.01. The van der Waals surface area contributed by atoms with Crippen molar-refractivity contribution < 1.29 is 19.4 Å². The Balaban J connectivity index is 2.24. The van der Waals surface area contributed by atoms with Gasteiger partial charge in [0.25, 0.3) is 0 Å². The van der Waals surface area contributed by atoms with Gasteiger partial charge >= 0.3 is 6.09 Å². The number of hydrogen-bond acceptors (Lipinski definition) is 2. The quantitative estimate of drug-likeness (QED) is 0.820. The highest BCUT2D eigenvalue weighted by Crippen LogP contribution is 2.25. The van der Waals surface area contributed by atoms with Gasteiger partial charge in [-0.25, -0.2) is 9.18 Å². The predicted octanol–water partition coefficient (Wildman–Crippen LogP) is 1.56. The first kappa shape index (κ1) is 11.6. The number of rotatable bonds is 2. The van der Waals surface area contributed by atoms with Gasteiger partial charge in [-0.2, -0.15) is 0 Å². The Labute approximate surface area is 97.6 Å². The van der Waals surface area contributed by atoms with Crippen LogP contribution in [-0.2, 0) is 0 Å². The number of halogens is 1. The van der Waals surface area contributed by atoms with E-state index in [4.69, 9.17) is 10.2 Å². The van der Waals surface area contributed by atoms with E-state index in [9.17, 15) is 9.18 Å². The van der Waals surface area contributed by atoms with E-state index in [0.717, 1.165) is 16.0 Å². The second-order valence-electron chi connectivity index (χ2n) is 3.86. The highest BCUT2D eigenvalue weighted by Gasteiger charge is 2.28. The van der Waals surface area contributed by atoms with Crippen molar-refractivity contribution in [1.29, 1.82) is 0 Å². The topological polar surface area (TPSA) is 60.8 Å². The van der Waals surface area contributed by atoms with Crippen LogP contribution in [0.1, 0.15) is 5.56 Å². The van der Waals surface area contributed by atoms with Crippen molar-refractivity contribution in [1.82, 2.24) is 4.90 Å². The molecular weight excluding hydrogens is 225 g/mol. The Morgan fingerprint density at radius 2 is 2.06 bits per heavy atom. The van der Waals surface area contributed by atoms with Crippen molar-refractivity contribution in [2.24, 2.45) is 0 Å². The molecule has 1 atom stereocenters. The smallest absolute Gasteiger partial charge is 0.408 e. The number of carboxylic acid groups (broad SMARTS) is 1. The van der Waals surface area contributed by atoms with Crippen molar-refractivity contribution in [3.63, 3.8) is 0 Å². The van der Waals surface area contributed by atoms with E-state index in [2.05, 4.69) is 0 Å². The summed E-state index contributed by atoms with van der Waals surface area (Å²) in [6.45, 7) is -0.0385. The molecule has 0 aliphatic carbocycles. The van der Waals surface area contributed by atoms with Gasteiger partial charge in [-0.15, -0.1) is 0 Å². The second-order valence-corrected chi connectivity index (χ2v) is 3.86.